The van der Waals surface area contributed by atoms with Gasteiger partial charge in [-0.05, 0) is 14.0 Å². The lowest BCUT2D eigenvalue weighted by Crippen LogP contribution is -2.33. The van der Waals surface area contributed by atoms with Crippen LogP contribution in [0, 0.1) is 11.3 Å². The molecule has 0 aromatic carbocycles. The first-order chi connectivity index (χ1) is 6.26. The number of nitrogens with one attached hydrogen (secondary N) is 1. The summed E-state index contributed by atoms with van der Waals surface area (Å²) < 4.78 is 0. The van der Waals surface area contributed by atoms with Gasteiger partial charge in [0.05, 0.1) is 12.5 Å². The molecule has 0 unspecified atom stereocenters. The normalized spacial score (nSPS) is 9.31. The minimum atomic E-state index is 0.118. The van der Waals surface area contributed by atoms with Crippen molar-refractivity contribution in [2.24, 2.45) is 0 Å². The van der Waals surface area contributed by atoms with Gasteiger partial charge in [-0.2, -0.15) is 5.26 Å². The minimum Gasteiger partial charge on any atom is -0.342 e. The van der Waals surface area contributed by atoms with Crippen LogP contribution in [0.1, 0.15) is 19.8 Å². The third kappa shape index (κ3) is 5.21. The molecule has 0 aliphatic rings. The van der Waals surface area contributed by atoms with Crippen molar-refractivity contribution >= 4 is 5.91 Å². The lowest BCUT2D eigenvalue weighted by atomic mass is 10.3. The van der Waals surface area contributed by atoms with Crippen LogP contribution in [0.15, 0.2) is 0 Å². The van der Waals surface area contributed by atoms with E-state index in [4.69, 9.17) is 5.26 Å². The lowest BCUT2D eigenvalue weighted by Gasteiger charge is -2.19. The molecule has 0 heterocycles. The molecule has 74 valence electrons. The van der Waals surface area contributed by atoms with E-state index in [1.807, 2.05) is 20.0 Å². The topological polar surface area (TPSA) is 56.1 Å². The van der Waals surface area contributed by atoms with Crippen LogP contribution >= 0.6 is 0 Å². The number of rotatable bonds is 6. The molecule has 1 amide bonds. The summed E-state index contributed by atoms with van der Waals surface area (Å²) in [4.78, 5) is 13.1. The van der Waals surface area contributed by atoms with Gasteiger partial charge in [-0.15, -0.1) is 0 Å². The standard InChI is InChI=1S/C9H17N3O/c1-3-12(8-4-6-10)9(13)5-7-11-2/h11H,3-5,7-8H2,1-2H3. The molecule has 0 radical (unpaired) electrons. The van der Waals surface area contributed by atoms with E-state index < -0.39 is 0 Å². The van der Waals surface area contributed by atoms with Crippen LogP contribution in [-0.2, 0) is 4.79 Å². The van der Waals surface area contributed by atoms with Crippen molar-refractivity contribution < 1.29 is 4.79 Å². The zero-order valence-corrected chi connectivity index (χ0v) is 8.34. The second kappa shape index (κ2) is 7.56. The molecular weight excluding hydrogens is 166 g/mol. The Bertz CT molecular complexity index is 186. The highest BCUT2D eigenvalue weighted by molar-refractivity contribution is 5.76. The first-order valence-electron chi connectivity index (χ1n) is 4.55. The summed E-state index contributed by atoms with van der Waals surface area (Å²) in [5.74, 6) is 0.118. The highest BCUT2D eigenvalue weighted by Gasteiger charge is 2.09. The van der Waals surface area contributed by atoms with Gasteiger partial charge in [0, 0.05) is 26.1 Å². The Kier molecular flexibility index (Phi) is 6.93. The molecule has 0 spiro atoms. The van der Waals surface area contributed by atoms with E-state index >= 15 is 0 Å². The van der Waals surface area contributed by atoms with Crippen LogP contribution in [0.5, 0.6) is 0 Å². The number of carbonyl (C=O) groups is 1. The van der Waals surface area contributed by atoms with E-state index in [0.717, 1.165) is 0 Å². The molecule has 0 aliphatic heterocycles. The fourth-order valence-electron chi connectivity index (χ4n) is 1.03. The number of hydrogen-bond donors (Lipinski definition) is 1. The Labute approximate surface area is 79.5 Å². The van der Waals surface area contributed by atoms with Gasteiger partial charge in [-0.3, -0.25) is 4.79 Å². The second-order valence-electron chi connectivity index (χ2n) is 2.74. The number of nitriles is 1. The zero-order chi connectivity index (χ0) is 10.1. The van der Waals surface area contributed by atoms with Crippen LogP contribution in [0.4, 0.5) is 0 Å². The van der Waals surface area contributed by atoms with Crippen molar-refractivity contribution in [3.05, 3.63) is 0 Å². The van der Waals surface area contributed by atoms with Gasteiger partial charge in [0.1, 0.15) is 0 Å². The fraction of sp³-hybridized carbons (Fsp3) is 0.778. The summed E-state index contributed by atoms with van der Waals surface area (Å²) in [5.41, 5.74) is 0. The maximum atomic E-state index is 11.4. The van der Waals surface area contributed by atoms with E-state index in [1.54, 1.807) is 4.90 Å². The van der Waals surface area contributed by atoms with Crippen LogP contribution in [0.2, 0.25) is 0 Å². The second-order valence-corrected chi connectivity index (χ2v) is 2.74. The van der Waals surface area contributed by atoms with Gasteiger partial charge < -0.3 is 10.2 Å². The number of hydrogen-bond acceptors (Lipinski definition) is 3. The Morgan fingerprint density at radius 2 is 2.31 bits per heavy atom. The molecule has 0 saturated heterocycles. The minimum absolute atomic E-state index is 0.118. The lowest BCUT2D eigenvalue weighted by molar-refractivity contribution is -0.130. The largest absolute Gasteiger partial charge is 0.342 e. The SMILES string of the molecule is CCN(CCC#N)C(=O)CCNC. The van der Waals surface area contributed by atoms with Crippen molar-refractivity contribution in [3.63, 3.8) is 0 Å². The quantitative estimate of drug-likeness (QED) is 0.646. The van der Waals surface area contributed by atoms with Gasteiger partial charge >= 0.3 is 0 Å². The van der Waals surface area contributed by atoms with Crippen molar-refractivity contribution in [2.75, 3.05) is 26.7 Å². The zero-order valence-electron chi connectivity index (χ0n) is 8.34. The molecule has 0 aromatic heterocycles. The van der Waals surface area contributed by atoms with E-state index in [1.165, 1.54) is 0 Å². The predicted molar refractivity (Wildman–Crippen MR) is 51.0 cm³/mol. The number of amides is 1. The molecule has 0 rings (SSSR count). The molecule has 0 aliphatic carbocycles. The Balaban J connectivity index is 3.79. The summed E-state index contributed by atoms with van der Waals surface area (Å²) in [6, 6.07) is 2.03. The molecular formula is C9H17N3O. The van der Waals surface area contributed by atoms with Gasteiger partial charge in [-0.25, -0.2) is 0 Å². The predicted octanol–water partition coefficient (Wildman–Crippen LogP) is 0.358. The Hall–Kier alpha value is -1.08. The summed E-state index contributed by atoms with van der Waals surface area (Å²) in [6.45, 7) is 3.86. The average Bonchev–Trinajstić information content (AvgIpc) is 2.16. The van der Waals surface area contributed by atoms with Gasteiger partial charge in [0.15, 0.2) is 0 Å². The highest BCUT2D eigenvalue weighted by Crippen LogP contribution is 1.95. The van der Waals surface area contributed by atoms with Gasteiger partial charge in [0.2, 0.25) is 5.91 Å². The Morgan fingerprint density at radius 1 is 1.62 bits per heavy atom. The van der Waals surface area contributed by atoms with Gasteiger partial charge in [-0.1, -0.05) is 0 Å². The summed E-state index contributed by atoms with van der Waals surface area (Å²) >= 11 is 0. The van der Waals surface area contributed by atoms with E-state index in [0.29, 0.717) is 32.5 Å². The molecule has 0 atom stereocenters. The van der Waals surface area contributed by atoms with Crippen LogP contribution in [0.3, 0.4) is 0 Å². The van der Waals surface area contributed by atoms with Crippen molar-refractivity contribution in [3.8, 4) is 6.07 Å². The molecule has 4 heteroatoms. The Morgan fingerprint density at radius 3 is 2.77 bits per heavy atom. The molecule has 0 bridgehead atoms. The van der Waals surface area contributed by atoms with Crippen molar-refractivity contribution in [1.82, 2.24) is 10.2 Å². The highest BCUT2D eigenvalue weighted by atomic mass is 16.2. The third-order valence-electron chi connectivity index (χ3n) is 1.82. The molecule has 1 N–H and O–H groups in total. The smallest absolute Gasteiger partial charge is 0.223 e. The first kappa shape index (κ1) is 11.9. The number of carbonyl (C=O) groups excluding carboxylic acids is 1. The van der Waals surface area contributed by atoms with E-state index in [2.05, 4.69) is 5.32 Å². The van der Waals surface area contributed by atoms with E-state index in [9.17, 15) is 4.79 Å². The van der Waals surface area contributed by atoms with Gasteiger partial charge in [0.25, 0.3) is 0 Å². The summed E-state index contributed by atoms with van der Waals surface area (Å²) in [7, 11) is 1.82. The van der Waals surface area contributed by atoms with Crippen LogP contribution < -0.4 is 5.32 Å². The van der Waals surface area contributed by atoms with Crippen LogP contribution in [-0.4, -0.2) is 37.5 Å². The molecule has 0 saturated carbocycles. The summed E-state index contributed by atoms with van der Waals surface area (Å²) in [6.07, 6.45) is 0.925. The molecule has 0 fully saturated rings. The third-order valence-corrected chi connectivity index (χ3v) is 1.82. The number of nitrogens with zero attached hydrogens (tertiary/aromatic N) is 2. The first-order valence-corrected chi connectivity index (χ1v) is 4.55. The maximum Gasteiger partial charge on any atom is 0.223 e. The summed E-state index contributed by atoms with van der Waals surface area (Å²) in [5, 5.41) is 11.3. The molecule has 13 heavy (non-hydrogen) atoms. The van der Waals surface area contributed by atoms with Crippen molar-refractivity contribution in [2.45, 2.75) is 19.8 Å². The fourth-order valence-corrected chi connectivity index (χ4v) is 1.03. The molecule has 0 aromatic rings. The maximum absolute atomic E-state index is 11.4. The average molecular weight is 183 g/mol. The molecule has 4 nitrogen and oxygen atoms in total. The van der Waals surface area contributed by atoms with Crippen LogP contribution in [0.25, 0.3) is 0 Å². The van der Waals surface area contributed by atoms with Crippen molar-refractivity contribution in [1.29, 1.82) is 5.26 Å². The van der Waals surface area contributed by atoms with E-state index in [-0.39, 0.29) is 5.91 Å². The monoisotopic (exact) mass is 183 g/mol.